The van der Waals surface area contributed by atoms with Crippen molar-refractivity contribution in [3.05, 3.63) is 41.6 Å². The van der Waals surface area contributed by atoms with Gasteiger partial charge in [0.05, 0.1) is 11.5 Å². The van der Waals surface area contributed by atoms with Crippen molar-refractivity contribution in [1.29, 1.82) is 0 Å². The number of aromatic nitrogens is 2. The number of Topliss-reactive ketones (excluding diaryl/α,β-unsaturated/α-hetero) is 1. The zero-order chi connectivity index (χ0) is 19.6. The van der Waals surface area contributed by atoms with Crippen molar-refractivity contribution in [3.63, 3.8) is 0 Å². The largest absolute Gasteiger partial charge is 0.340 e. The minimum Gasteiger partial charge on any atom is -0.340 e. The van der Waals surface area contributed by atoms with Crippen LogP contribution in [0.25, 0.3) is 0 Å². The Hall–Kier alpha value is -2.48. The zero-order valence-corrected chi connectivity index (χ0v) is 16.6. The van der Waals surface area contributed by atoms with Crippen LogP contribution in [0.4, 0.5) is 17.5 Å². The van der Waals surface area contributed by atoms with Gasteiger partial charge < -0.3 is 10.2 Å². The quantitative estimate of drug-likeness (QED) is 0.761. The number of benzene rings is 1. The molecule has 1 unspecified atom stereocenters. The second-order valence-electron chi connectivity index (χ2n) is 6.80. The Morgan fingerprint density at radius 1 is 1.26 bits per heavy atom. The zero-order valence-electron chi connectivity index (χ0n) is 15.8. The Morgan fingerprint density at radius 2 is 1.96 bits per heavy atom. The van der Waals surface area contributed by atoms with E-state index in [2.05, 4.69) is 15.3 Å². The predicted octanol–water partition coefficient (Wildman–Crippen LogP) is 2.74. The number of nitrogens with zero attached hydrogens (tertiary/aromatic N) is 3. The molecule has 1 aromatic heterocycles. The fraction of sp³-hybridized carbons (Fsp3) is 0.421. The van der Waals surface area contributed by atoms with Gasteiger partial charge in [-0.3, -0.25) is 4.79 Å². The number of carbonyl (C=O) groups excluding carboxylic acids is 1. The van der Waals surface area contributed by atoms with Crippen molar-refractivity contribution in [2.75, 3.05) is 28.3 Å². The molecule has 1 atom stereocenters. The summed E-state index contributed by atoms with van der Waals surface area (Å²) in [6.45, 7) is 6.03. The van der Waals surface area contributed by atoms with E-state index in [1.165, 1.54) is 6.92 Å². The van der Waals surface area contributed by atoms with Crippen molar-refractivity contribution in [3.8, 4) is 0 Å². The highest BCUT2D eigenvalue weighted by Crippen LogP contribution is 2.24. The Bertz CT molecular complexity index is 942. The van der Waals surface area contributed by atoms with E-state index in [0.29, 0.717) is 30.3 Å². The maximum atomic E-state index is 11.8. The molecule has 1 N–H and O–H groups in total. The van der Waals surface area contributed by atoms with E-state index in [0.717, 1.165) is 11.4 Å². The highest BCUT2D eigenvalue weighted by molar-refractivity contribution is 7.91. The third kappa shape index (κ3) is 4.63. The maximum absolute atomic E-state index is 11.8. The van der Waals surface area contributed by atoms with Gasteiger partial charge in [-0.1, -0.05) is 0 Å². The molecule has 1 saturated heterocycles. The molecule has 3 rings (SSSR count). The average molecular weight is 388 g/mol. The summed E-state index contributed by atoms with van der Waals surface area (Å²) >= 11 is 0. The lowest BCUT2D eigenvalue weighted by Crippen LogP contribution is -2.37. The topological polar surface area (TPSA) is 92.3 Å². The summed E-state index contributed by atoms with van der Waals surface area (Å²) in [5.41, 5.74) is 2.26. The first kappa shape index (κ1) is 19.3. The Kier molecular flexibility index (Phi) is 5.46. The maximum Gasteiger partial charge on any atom is 0.227 e. The predicted molar refractivity (Wildman–Crippen MR) is 107 cm³/mol. The molecule has 0 aliphatic carbocycles. The van der Waals surface area contributed by atoms with E-state index < -0.39 is 9.84 Å². The Labute approximate surface area is 159 Å². The molecule has 7 nitrogen and oxygen atoms in total. The number of anilines is 3. The fourth-order valence-corrected chi connectivity index (χ4v) is 5.00. The summed E-state index contributed by atoms with van der Waals surface area (Å²) in [7, 11) is -2.98. The number of ketones is 1. The van der Waals surface area contributed by atoms with Crippen LogP contribution in [-0.4, -0.2) is 48.3 Å². The number of hydrogen-bond donors (Lipinski definition) is 1. The van der Waals surface area contributed by atoms with Crippen LogP contribution in [0.2, 0.25) is 0 Å². The van der Waals surface area contributed by atoms with Crippen LogP contribution in [0.3, 0.4) is 0 Å². The molecule has 1 aromatic carbocycles. The average Bonchev–Trinajstić information content (AvgIpc) is 2.95. The van der Waals surface area contributed by atoms with Crippen LogP contribution < -0.4 is 10.2 Å². The van der Waals surface area contributed by atoms with Crippen LogP contribution >= 0.6 is 0 Å². The monoisotopic (exact) mass is 388 g/mol. The third-order valence-corrected chi connectivity index (χ3v) is 6.40. The highest BCUT2D eigenvalue weighted by atomic mass is 32.2. The smallest absolute Gasteiger partial charge is 0.227 e. The third-order valence-electron chi connectivity index (χ3n) is 4.65. The van der Waals surface area contributed by atoms with Crippen LogP contribution in [0.1, 0.15) is 36.3 Å². The van der Waals surface area contributed by atoms with Crippen molar-refractivity contribution >= 4 is 33.1 Å². The molecule has 0 saturated carbocycles. The van der Waals surface area contributed by atoms with Gasteiger partial charge in [-0.05, 0) is 51.5 Å². The molecule has 144 valence electrons. The normalized spacial score (nSPS) is 18.3. The van der Waals surface area contributed by atoms with Crippen LogP contribution in [0, 0.1) is 6.92 Å². The van der Waals surface area contributed by atoms with Gasteiger partial charge in [-0.2, -0.15) is 4.98 Å². The lowest BCUT2D eigenvalue weighted by molar-refractivity contribution is 0.101. The molecule has 1 fully saturated rings. The molecule has 0 amide bonds. The molecule has 0 spiro atoms. The van der Waals surface area contributed by atoms with Crippen LogP contribution in [0.15, 0.2) is 30.3 Å². The second-order valence-corrected chi connectivity index (χ2v) is 9.02. The van der Waals surface area contributed by atoms with Gasteiger partial charge in [-0.15, -0.1) is 0 Å². The van der Waals surface area contributed by atoms with E-state index in [1.54, 1.807) is 12.1 Å². The fourth-order valence-electron chi connectivity index (χ4n) is 3.27. The summed E-state index contributed by atoms with van der Waals surface area (Å²) in [5, 5.41) is 3.23. The molecular weight excluding hydrogens is 364 g/mol. The van der Waals surface area contributed by atoms with E-state index in [9.17, 15) is 13.2 Å². The van der Waals surface area contributed by atoms with E-state index in [-0.39, 0.29) is 23.3 Å². The summed E-state index contributed by atoms with van der Waals surface area (Å²) in [6, 6.07) is 8.93. The van der Waals surface area contributed by atoms with Crippen molar-refractivity contribution in [2.45, 2.75) is 33.2 Å². The molecule has 8 heteroatoms. The highest BCUT2D eigenvalue weighted by Gasteiger charge is 2.33. The molecule has 27 heavy (non-hydrogen) atoms. The first-order chi connectivity index (χ1) is 12.8. The molecule has 2 aromatic rings. The van der Waals surface area contributed by atoms with Crippen molar-refractivity contribution in [2.24, 2.45) is 0 Å². The SMILES string of the molecule is CCN(c1nc(C)cc(Nc2ccc(C(C)=O)cc2)n1)C1CCS(=O)(=O)C1. The van der Waals surface area contributed by atoms with Gasteiger partial charge in [0.2, 0.25) is 5.95 Å². The first-order valence-electron chi connectivity index (χ1n) is 8.98. The van der Waals surface area contributed by atoms with Crippen molar-refractivity contribution < 1.29 is 13.2 Å². The van der Waals surface area contributed by atoms with Gasteiger partial charge in [0.25, 0.3) is 0 Å². The lowest BCUT2D eigenvalue weighted by atomic mass is 10.1. The molecule has 2 heterocycles. The number of hydrogen-bond acceptors (Lipinski definition) is 7. The number of nitrogens with one attached hydrogen (secondary N) is 1. The number of rotatable bonds is 6. The summed E-state index contributed by atoms with van der Waals surface area (Å²) in [6.07, 6.45) is 0.600. The van der Waals surface area contributed by atoms with Crippen molar-refractivity contribution in [1.82, 2.24) is 9.97 Å². The summed E-state index contributed by atoms with van der Waals surface area (Å²) in [5.74, 6) is 1.54. The van der Waals surface area contributed by atoms with E-state index in [4.69, 9.17) is 0 Å². The molecule has 1 aliphatic rings. The molecular formula is C19H24N4O3S. The first-order valence-corrected chi connectivity index (χ1v) is 10.8. The number of aryl methyl sites for hydroxylation is 1. The van der Waals surface area contributed by atoms with E-state index in [1.807, 2.05) is 36.9 Å². The molecule has 0 bridgehead atoms. The number of sulfone groups is 1. The van der Waals surface area contributed by atoms with Gasteiger partial charge in [-0.25, -0.2) is 13.4 Å². The van der Waals surface area contributed by atoms with Crippen LogP contribution in [0.5, 0.6) is 0 Å². The van der Waals surface area contributed by atoms with E-state index >= 15 is 0 Å². The van der Waals surface area contributed by atoms with Crippen LogP contribution in [-0.2, 0) is 9.84 Å². The molecule has 0 radical (unpaired) electrons. The number of carbonyl (C=O) groups is 1. The minimum absolute atomic E-state index is 0.0202. The summed E-state index contributed by atoms with van der Waals surface area (Å²) in [4.78, 5) is 22.5. The lowest BCUT2D eigenvalue weighted by Gasteiger charge is -2.27. The van der Waals surface area contributed by atoms with Gasteiger partial charge in [0.15, 0.2) is 15.6 Å². The second kappa shape index (κ2) is 7.64. The van der Waals surface area contributed by atoms with Gasteiger partial charge >= 0.3 is 0 Å². The summed E-state index contributed by atoms with van der Waals surface area (Å²) < 4.78 is 23.7. The Morgan fingerprint density at radius 3 is 2.52 bits per heavy atom. The standard InChI is InChI=1S/C19H24N4O3S/c1-4-23(17-9-10-27(25,26)12-17)19-20-13(2)11-18(22-19)21-16-7-5-15(6-8-16)14(3)24/h5-8,11,17H,4,9-10,12H2,1-3H3,(H,20,21,22). The Balaban J connectivity index is 1.84. The van der Waals surface area contributed by atoms with Gasteiger partial charge in [0.1, 0.15) is 5.82 Å². The van der Waals surface area contributed by atoms with Gasteiger partial charge in [0, 0.05) is 35.6 Å². The minimum atomic E-state index is -2.98. The molecule has 1 aliphatic heterocycles.